The van der Waals surface area contributed by atoms with Gasteiger partial charge in [0.2, 0.25) is 0 Å². The van der Waals surface area contributed by atoms with Gasteiger partial charge in [-0.05, 0) is 6.92 Å². The third-order valence-electron chi connectivity index (χ3n) is 1.40. The zero-order valence-electron chi connectivity index (χ0n) is 5.39. The standard InChI is InChI=1S/C5H11BO2/c1-4(7-2)6-5-3-8-5/h4-6H,3H2,1-2H3. The van der Waals surface area contributed by atoms with Crippen molar-refractivity contribution >= 4 is 7.28 Å². The normalized spacial score (nSPS) is 29.5. The van der Waals surface area contributed by atoms with Crippen LogP contribution < -0.4 is 0 Å². The molecule has 0 amide bonds. The summed E-state index contributed by atoms with van der Waals surface area (Å²) in [6, 6.07) is 0.868. The minimum absolute atomic E-state index is 0.363. The van der Waals surface area contributed by atoms with Crippen LogP contribution in [0.15, 0.2) is 0 Å². The van der Waals surface area contributed by atoms with Crippen molar-refractivity contribution in [2.45, 2.75) is 18.9 Å². The van der Waals surface area contributed by atoms with Crippen molar-refractivity contribution in [1.29, 1.82) is 0 Å². The largest absolute Gasteiger partial charge is 0.390 e. The van der Waals surface area contributed by atoms with E-state index in [-0.39, 0.29) is 0 Å². The number of rotatable bonds is 3. The summed E-state index contributed by atoms with van der Waals surface area (Å²) in [6.45, 7) is 3.00. The molecule has 0 spiro atoms. The van der Waals surface area contributed by atoms with E-state index < -0.39 is 0 Å². The van der Waals surface area contributed by atoms with E-state index in [1.54, 1.807) is 7.11 Å². The summed E-state index contributed by atoms with van der Waals surface area (Å²) < 4.78 is 10.0. The SMILES string of the molecule is COC(C)BC1CO1. The summed E-state index contributed by atoms with van der Waals surface area (Å²) in [5.41, 5.74) is 0. The lowest BCUT2D eigenvalue weighted by Crippen LogP contribution is -2.19. The maximum absolute atomic E-state index is 5.02. The molecular formula is C5H11BO2. The second-order valence-corrected chi connectivity index (χ2v) is 2.24. The molecule has 1 rings (SSSR count). The predicted molar refractivity (Wildman–Crippen MR) is 33.4 cm³/mol. The van der Waals surface area contributed by atoms with Crippen LogP contribution in [0.4, 0.5) is 0 Å². The Morgan fingerprint density at radius 2 is 2.50 bits per heavy atom. The molecule has 3 heteroatoms. The molecule has 1 saturated heterocycles. The van der Waals surface area contributed by atoms with Gasteiger partial charge in [0, 0.05) is 13.1 Å². The molecule has 2 unspecified atom stereocenters. The van der Waals surface area contributed by atoms with E-state index in [2.05, 4.69) is 6.92 Å². The number of hydrogen-bond donors (Lipinski definition) is 0. The van der Waals surface area contributed by atoms with Gasteiger partial charge in [-0.1, -0.05) is 0 Å². The summed E-state index contributed by atoms with van der Waals surface area (Å²) in [5.74, 6) is 0. The Kier molecular flexibility index (Phi) is 1.92. The highest BCUT2D eigenvalue weighted by Crippen LogP contribution is 2.08. The molecule has 0 aromatic rings. The summed E-state index contributed by atoms with van der Waals surface area (Å²) in [5, 5.41) is 0. The van der Waals surface area contributed by atoms with Gasteiger partial charge in [0.25, 0.3) is 0 Å². The zero-order chi connectivity index (χ0) is 5.98. The Balaban J connectivity index is 1.98. The molecule has 0 saturated carbocycles. The van der Waals surface area contributed by atoms with Gasteiger partial charge in [-0.25, -0.2) is 0 Å². The lowest BCUT2D eigenvalue weighted by molar-refractivity contribution is 0.177. The van der Waals surface area contributed by atoms with Crippen molar-refractivity contribution in [3.8, 4) is 0 Å². The molecule has 0 radical (unpaired) electrons. The van der Waals surface area contributed by atoms with Crippen molar-refractivity contribution in [1.82, 2.24) is 0 Å². The maximum Gasteiger partial charge on any atom is 0.195 e. The van der Waals surface area contributed by atoms with Crippen LogP contribution in [0.25, 0.3) is 0 Å². The van der Waals surface area contributed by atoms with E-state index in [4.69, 9.17) is 9.47 Å². The van der Waals surface area contributed by atoms with E-state index in [1.807, 2.05) is 0 Å². The number of methoxy groups -OCH3 is 1. The first-order chi connectivity index (χ1) is 3.83. The number of hydrogen-bond acceptors (Lipinski definition) is 2. The Morgan fingerprint density at radius 3 is 2.88 bits per heavy atom. The van der Waals surface area contributed by atoms with Crippen molar-refractivity contribution in [3.63, 3.8) is 0 Å². The first kappa shape index (κ1) is 6.11. The average Bonchev–Trinajstić information content (AvgIpc) is 2.50. The second-order valence-electron chi connectivity index (χ2n) is 2.24. The van der Waals surface area contributed by atoms with Gasteiger partial charge in [-0.2, -0.15) is 0 Å². The van der Waals surface area contributed by atoms with Crippen LogP contribution in [0.5, 0.6) is 0 Å². The van der Waals surface area contributed by atoms with Crippen LogP contribution >= 0.6 is 0 Å². The molecule has 0 aromatic carbocycles. The highest BCUT2D eigenvalue weighted by molar-refractivity contribution is 6.39. The molecule has 2 atom stereocenters. The predicted octanol–water partition coefficient (Wildman–Crippen LogP) is -0.228. The van der Waals surface area contributed by atoms with Crippen molar-refractivity contribution < 1.29 is 9.47 Å². The van der Waals surface area contributed by atoms with Crippen LogP contribution in [0.1, 0.15) is 6.92 Å². The molecule has 0 aliphatic carbocycles. The quantitative estimate of drug-likeness (QED) is 0.373. The van der Waals surface area contributed by atoms with E-state index in [0.29, 0.717) is 12.0 Å². The monoisotopic (exact) mass is 114 g/mol. The van der Waals surface area contributed by atoms with Gasteiger partial charge in [-0.3, -0.25) is 0 Å². The van der Waals surface area contributed by atoms with E-state index >= 15 is 0 Å². The molecule has 0 aromatic heterocycles. The molecule has 2 nitrogen and oxygen atoms in total. The number of ether oxygens (including phenoxy) is 2. The third kappa shape index (κ3) is 1.84. The molecule has 0 bridgehead atoms. The van der Waals surface area contributed by atoms with Gasteiger partial charge < -0.3 is 9.47 Å². The van der Waals surface area contributed by atoms with E-state index in [9.17, 15) is 0 Å². The smallest absolute Gasteiger partial charge is 0.195 e. The van der Waals surface area contributed by atoms with Crippen molar-refractivity contribution in [2.75, 3.05) is 13.7 Å². The molecular weight excluding hydrogens is 103 g/mol. The van der Waals surface area contributed by atoms with E-state index in [0.717, 1.165) is 13.9 Å². The Labute approximate surface area is 50.4 Å². The van der Waals surface area contributed by atoms with Crippen LogP contribution in [0.3, 0.4) is 0 Å². The first-order valence-corrected chi connectivity index (χ1v) is 2.97. The highest BCUT2D eigenvalue weighted by Gasteiger charge is 2.26. The summed E-state index contributed by atoms with van der Waals surface area (Å²) in [7, 11) is 2.78. The zero-order valence-corrected chi connectivity index (χ0v) is 5.39. The first-order valence-electron chi connectivity index (χ1n) is 2.97. The maximum atomic E-state index is 5.02. The molecule has 1 fully saturated rings. The van der Waals surface area contributed by atoms with Gasteiger partial charge >= 0.3 is 0 Å². The van der Waals surface area contributed by atoms with Crippen molar-refractivity contribution in [3.05, 3.63) is 0 Å². The molecule has 1 aliphatic heterocycles. The van der Waals surface area contributed by atoms with Crippen LogP contribution in [-0.4, -0.2) is 33.0 Å². The van der Waals surface area contributed by atoms with Gasteiger partial charge in [0.1, 0.15) is 0 Å². The Morgan fingerprint density at radius 1 is 1.88 bits per heavy atom. The Hall–Kier alpha value is -0.0151. The van der Waals surface area contributed by atoms with Crippen molar-refractivity contribution in [2.24, 2.45) is 0 Å². The minimum atomic E-state index is 0.363. The average molecular weight is 114 g/mol. The fraction of sp³-hybridized carbons (Fsp3) is 1.00. The van der Waals surface area contributed by atoms with Gasteiger partial charge in [0.15, 0.2) is 7.28 Å². The molecule has 1 aliphatic rings. The summed E-state index contributed by atoms with van der Waals surface area (Å²) in [4.78, 5) is 0. The minimum Gasteiger partial charge on any atom is -0.390 e. The lowest BCUT2D eigenvalue weighted by Gasteiger charge is -2.02. The molecule has 46 valence electrons. The van der Waals surface area contributed by atoms with Crippen LogP contribution in [-0.2, 0) is 9.47 Å². The van der Waals surface area contributed by atoms with Gasteiger partial charge in [-0.15, -0.1) is 0 Å². The van der Waals surface area contributed by atoms with Crippen LogP contribution in [0, 0.1) is 0 Å². The summed E-state index contributed by atoms with van der Waals surface area (Å²) >= 11 is 0. The number of epoxide rings is 1. The lowest BCUT2D eigenvalue weighted by atomic mass is 9.69. The fourth-order valence-electron chi connectivity index (χ4n) is 0.671. The Bertz CT molecular complexity index is 72.8. The molecule has 1 heterocycles. The summed E-state index contributed by atoms with van der Waals surface area (Å²) in [6.07, 6.45) is 0. The molecule has 8 heavy (non-hydrogen) atoms. The van der Waals surface area contributed by atoms with E-state index in [1.165, 1.54) is 0 Å². The molecule has 0 N–H and O–H groups in total. The highest BCUT2D eigenvalue weighted by atomic mass is 16.6. The van der Waals surface area contributed by atoms with Crippen LogP contribution in [0.2, 0.25) is 0 Å². The topological polar surface area (TPSA) is 21.8 Å². The van der Waals surface area contributed by atoms with Gasteiger partial charge in [0.05, 0.1) is 12.6 Å². The third-order valence-corrected chi connectivity index (χ3v) is 1.40. The fourth-order valence-corrected chi connectivity index (χ4v) is 0.671. The second kappa shape index (κ2) is 2.51.